The lowest BCUT2D eigenvalue weighted by Crippen LogP contribution is -2.60. The molecule has 2 aromatic heterocycles. The maximum absolute atomic E-state index is 6.84. The van der Waals surface area contributed by atoms with Crippen LogP contribution in [-0.2, 0) is 17.3 Å². The van der Waals surface area contributed by atoms with Crippen molar-refractivity contribution in [2.24, 2.45) is 0 Å². The van der Waals surface area contributed by atoms with Gasteiger partial charge in [0.15, 0.2) is 0 Å². The summed E-state index contributed by atoms with van der Waals surface area (Å²) in [6, 6.07) is 65.2. The second-order valence-corrected chi connectivity index (χ2v) is 22.0. The van der Waals surface area contributed by atoms with E-state index in [1.807, 2.05) is 0 Å². The van der Waals surface area contributed by atoms with Gasteiger partial charge in [-0.15, -0.1) is 0 Å². The van der Waals surface area contributed by atoms with Crippen LogP contribution in [0.5, 0.6) is 11.5 Å². The summed E-state index contributed by atoms with van der Waals surface area (Å²) >= 11 is 0. The zero-order valence-corrected chi connectivity index (χ0v) is 39.3. The average molecular weight is 871 g/mol. The second kappa shape index (κ2) is 13.1. The molecule has 0 spiro atoms. The van der Waals surface area contributed by atoms with Crippen LogP contribution in [0, 0.1) is 0 Å². The van der Waals surface area contributed by atoms with E-state index in [2.05, 4.69) is 221 Å². The molecule has 11 aromatic rings. The first-order valence-corrected chi connectivity index (χ1v) is 24.4. The number of ether oxygens (including phenoxy) is 1. The van der Waals surface area contributed by atoms with Crippen molar-refractivity contribution in [2.45, 2.75) is 58.8 Å². The summed E-state index contributed by atoms with van der Waals surface area (Å²) in [5, 5.41) is 5.16. The van der Waals surface area contributed by atoms with Crippen molar-refractivity contribution in [3.63, 3.8) is 0 Å². The summed E-state index contributed by atoms with van der Waals surface area (Å²) in [4.78, 5) is 0. The number of aromatic nitrogens is 2. The smallest absolute Gasteiger partial charge is 0.256 e. The average Bonchev–Trinajstić information content (AvgIpc) is 3.86. The van der Waals surface area contributed by atoms with Gasteiger partial charge in [-0.25, -0.2) is 0 Å². The third-order valence-electron chi connectivity index (χ3n) is 16.2. The van der Waals surface area contributed by atoms with Gasteiger partial charge in [-0.2, -0.15) is 0 Å². The van der Waals surface area contributed by atoms with Crippen molar-refractivity contribution < 1.29 is 4.74 Å². The van der Waals surface area contributed by atoms with Gasteiger partial charge in [-0.1, -0.05) is 174 Å². The Hall–Kier alpha value is -7.49. The summed E-state index contributed by atoms with van der Waals surface area (Å²) in [6.45, 7) is 13.9. The molecule has 5 heteroatoms. The standard InChI is InChI=1S/C63H48B2N2O/c1-62(2,3)42-22-15-36(16-23-42)38-20-28-52-50(32-38)64-48-12-8-7-11-40(48)31-41-19-26-44-46-34-47-45-27-30-57-59-61(45)67(55(47)35-54(46)66(52)60(44)58(41)64)53-29-21-39(37-17-24-43(25-18-37)63(4,5)6)33-51(53)65(59)49-13-9-10-14-56(49)68-57/h7-30,32-35H,31H2,1-6H3. The maximum Gasteiger partial charge on any atom is 0.256 e. The molecule has 0 unspecified atom stereocenters. The molecule has 4 aliphatic rings. The molecule has 0 aliphatic carbocycles. The van der Waals surface area contributed by atoms with Crippen molar-refractivity contribution in [1.29, 1.82) is 0 Å². The fourth-order valence-electron chi connectivity index (χ4n) is 12.9. The lowest BCUT2D eigenvalue weighted by Gasteiger charge is -2.33. The SMILES string of the molecule is CC(C)(C)c1ccc(-c2ccc3c(c2)B2c4ccccc4Cc4ccc5c6cc7c8ccc9c%10c8n(c7cc6n-3c5c42)-c2ccc(-c3ccc(C(C)(C)C)cc3)cc2B%10c2ccccc2O9)cc1. The Kier molecular flexibility index (Phi) is 7.46. The molecule has 6 heterocycles. The summed E-state index contributed by atoms with van der Waals surface area (Å²) in [5.74, 6) is 1.88. The van der Waals surface area contributed by atoms with Gasteiger partial charge in [-0.05, 0) is 132 Å². The molecule has 0 atom stereocenters. The zero-order valence-electron chi connectivity index (χ0n) is 39.3. The Morgan fingerprint density at radius 1 is 0.397 bits per heavy atom. The number of rotatable bonds is 2. The van der Waals surface area contributed by atoms with Gasteiger partial charge in [0, 0.05) is 38.4 Å². The fourth-order valence-corrected chi connectivity index (χ4v) is 12.9. The minimum atomic E-state index is 0.0333. The van der Waals surface area contributed by atoms with Gasteiger partial charge in [0.2, 0.25) is 6.71 Å². The number of benzene rings is 9. The highest BCUT2D eigenvalue weighted by atomic mass is 16.5. The van der Waals surface area contributed by atoms with Gasteiger partial charge < -0.3 is 13.9 Å². The van der Waals surface area contributed by atoms with Crippen LogP contribution in [0.25, 0.3) is 77.2 Å². The van der Waals surface area contributed by atoms with Gasteiger partial charge in [0.1, 0.15) is 11.5 Å². The van der Waals surface area contributed by atoms with Gasteiger partial charge in [-0.3, -0.25) is 0 Å². The summed E-state index contributed by atoms with van der Waals surface area (Å²) < 4.78 is 12.0. The van der Waals surface area contributed by atoms with E-state index in [4.69, 9.17) is 4.74 Å². The van der Waals surface area contributed by atoms with Crippen LogP contribution < -0.4 is 37.5 Å². The van der Waals surface area contributed by atoms with Crippen LogP contribution in [-0.4, -0.2) is 22.6 Å². The van der Waals surface area contributed by atoms with Crippen molar-refractivity contribution >= 4 is 89.8 Å². The van der Waals surface area contributed by atoms with E-state index >= 15 is 0 Å². The number of nitrogens with zero attached hydrogens (tertiary/aromatic N) is 2. The first kappa shape index (κ1) is 38.6. The molecule has 0 fully saturated rings. The van der Waals surface area contributed by atoms with Gasteiger partial charge in [0.05, 0.1) is 16.6 Å². The normalized spacial score (nSPS) is 14.0. The largest absolute Gasteiger partial charge is 0.458 e. The lowest BCUT2D eigenvalue weighted by atomic mass is 9.32. The molecule has 9 aromatic carbocycles. The number of fused-ring (bicyclic) bond motifs is 16. The third kappa shape index (κ3) is 5.11. The van der Waals surface area contributed by atoms with Gasteiger partial charge in [0.25, 0.3) is 6.71 Å². The zero-order chi connectivity index (χ0) is 45.5. The number of para-hydroxylation sites is 1. The maximum atomic E-state index is 6.84. The number of hydrogen-bond donors (Lipinski definition) is 0. The van der Waals surface area contributed by atoms with Crippen LogP contribution in [0.2, 0.25) is 0 Å². The predicted octanol–water partition coefficient (Wildman–Crippen LogP) is 11.5. The predicted molar refractivity (Wildman–Crippen MR) is 288 cm³/mol. The number of hydrogen-bond acceptors (Lipinski definition) is 1. The summed E-state index contributed by atoms with van der Waals surface area (Å²) in [5.41, 5.74) is 26.3. The molecular formula is C63H48B2N2O. The minimum absolute atomic E-state index is 0.0333. The summed E-state index contributed by atoms with van der Waals surface area (Å²) in [6.07, 6.45) is 0.942. The van der Waals surface area contributed by atoms with E-state index in [1.54, 1.807) is 0 Å². The Bertz CT molecular complexity index is 3780. The van der Waals surface area contributed by atoms with E-state index in [9.17, 15) is 0 Å². The van der Waals surface area contributed by atoms with Crippen molar-refractivity contribution in [3.8, 4) is 45.1 Å². The highest BCUT2D eigenvalue weighted by Crippen LogP contribution is 2.44. The molecule has 0 N–H and O–H groups in total. The first-order chi connectivity index (χ1) is 33.0. The molecule has 0 radical (unpaired) electrons. The molecule has 4 aliphatic heterocycles. The molecule has 0 saturated heterocycles. The molecular weight excluding hydrogens is 822 g/mol. The molecule has 0 bridgehead atoms. The van der Waals surface area contributed by atoms with E-state index < -0.39 is 0 Å². The quantitative estimate of drug-likeness (QED) is 0.158. The first-order valence-electron chi connectivity index (χ1n) is 24.4. The van der Waals surface area contributed by atoms with E-state index in [0.29, 0.717) is 0 Å². The molecule has 68 heavy (non-hydrogen) atoms. The van der Waals surface area contributed by atoms with Gasteiger partial charge >= 0.3 is 0 Å². The van der Waals surface area contributed by atoms with Crippen LogP contribution in [0.1, 0.15) is 63.8 Å². The van der Waals surface area contributed by atoms with Crippen LogP contribution in [0.15, 0.2) is 170 Å². The molecule has 0 saturated carbocycles. The Balaban J connectivity index is 1.01. The van der Waals surface area contributed by atoms with Crippen LogP contribution in [0.4, 0.5) is 0 Å². The van der Waals surface area contributed by atoms with Crippen molar-refractivity contribution in [3.05, 3.63) is 192 Å². The second-order valence-electron chi connectivity index (χ2n) is 22.0. The Morgan fingerprint density at radius 2 is 0.912 bits per heavy atom. The van der Waals surface area contributed by atoms with E-state index in [1.165, 1.54) is 132 Å². The highest BCUT2D eigenvalue weighted by Gasteiger charge is 2.42. The molecule has 322 valence electrons. The summed E-state index contributed by atoms with van der Waals surface area (Å²) in [7, 11) is 0. The molecule has 3 nitrogen and oxygen atoms in total. The van der Waals surface area contributed by atoms with Crippen molar-refractivity contribution in [1.82, 2.24) is 9.13 Å². The highest BCUT2D eigenvalue weighted by molar-refractivity contribution is 7.00. The molecule has 15 rings (SSSR count). The third-order valence-corrected chi connectivity index (χ3v) is 16.2. The van der Waals surface area contributed by atoms with E-state index in [-0.39, 0.29) is 24.3 Å². The fraction of sp³-hybridized carbons (Fsp3) is 0.143. The van der Waals surface area contributed by atoms with E-state index in [0.717, 1.165) is 17.9 Å². The van der Waals surface area contributed by atoms with Crippen LogP contribution >= 0.6 is 0 Å². The van der Waals surface area contributed by atoms with Crippen LogP contribution in [0.3, 0.4) is 0 Å². The minimum Gasteiger partial charge on any atom is -0.458 e. The van der Waals surface area contributed by atoms with Crippen molar-refractivity contribution in [2.75, 3.05) is 0 Å². The Labute approximate surface area is 397 Å². The molecule has 0 amide bonds. The lowest BCUT2D eigenvalue weighted by molar-refractivity contribution is 0.488. The monoisotopic (exact) mass is 870 g/mol. The topological polar surface area (TPSA) is 19.1 Å². The Morgan fingerprint density at radius 3 is 1.51 bits per heavy atom.